The predicted molar refractivity (Wildman–Crippen MR) is 77.2 cm³/mol. The van der Waals surface area contributed by atoms with Crippen molar-refractivity contribution in [3.05, 3.63) is 24.3 Å². The highest BCUT2D eigenvalue weighted by molar-refractivity contribution is 6.02. The fraction of sp³-hybridized carbons (Fsp3) is 0.357. The number of rotatable bonds is 5. The molecule has 0 saturated carbocycles. The number of amides is 2. The first-order valence-corrected chi connectivity index (χ1v) is 6.45. The van der Waals surface area contributed by atoms with Gasteiger partial charge in [0.2, 0.25) is 0 Å². The number of hydrogen-bond acceptors (Lipinski definition) is 4. The molecule has 0 unspecified atom stereocenters. The molecule has 108 valence electrons. The van der Waals surface area contributed by atoms with Gasteiger partial charge in [0.1, 0.15) is 11.6 Å². The molecular formula is C14H19N3O3. The van der Waals surface area contributed by atoms with E-state index in [0.717, 1.165) is 12.8 Å². The SMILES string of the molecule is CCCCC(=N)NC(=O)Nc1ccc(OC(C)=O)cc1. The molecule has 0 aliphatic rings. The molecule has 0 radical (unpaired) electrons. The third kappa shape index (κ3) is 5.99. The Morgan fingerprint density at radius 2 is 1.90 bits per heavy atom. The Hall–Kier alpha value is -2.37. The minimum atomic E-state index is -0.452. The Morgan fingerprint density at radius 3 is 2.45 bits per heavy atom. The third-order valence-electron chi connectivity index (χ3n) is 2.42. The monoisotopic (exact) mass is 277 g/mol. The molecule has 6 nitrogen and oxygen atoms in total. The van der Waals surface area contributed by atoms with E-state index in [-0.39, 0.29) is 5.84 Å². The quantitative estimate of drug-likeness (QED) is 0.334. The first kappa shape index (κ1) is 15.7. The van der Waals surface area contributed by atoms with Gasteiger partial charge in [0, 0.05) is 19.0 Å². The van der Waals surface area contributed by atoms with Crippen molar-refractivity contribution in [2.24, 2.45) is 0 Å². The van der Waals surface area contributed by atoms with Crippen LogP contribution in [0.1, 0.15) is 33.1 Å². The normalized spacial score (nSPS) is 9.70. The van der Waals surface area contributed by atoms with Crippen molar-refractivity contribution in [3.8, 4) is 5.75 Å². The molecule has 6 heteroatoms. The van der Waals surface area contributed by atoms with E-state index in [9.17, 15) is 9.59 Å². The van der Waals surface area contributed by atoms with Crippen molar-refractivity contribution in [2.75, 3.05) is 5.32 Å². The number of urea groups is 1. The molecule has 0 bridgehead atoms. The number of ether oxygens (including phenoxy) is 1. The molecule has 0 heterocycles. The second-order valence-electron chi connectivity index (χ2n) is 4.28. The average molecular weight is 277 g/mol. The van der Waals surface area contributed by atoms with Crippen LogP contribution in [0.25, 0.3) is 0 Å². The lowest BCUT2D eigenvalue weighted by molar-refractivity contribution is -0.131. The summed E-state index contributed by atoms with van der Waals surface area (Å²) in [7, 11) is 0. The first-order valence-electron chi connectivity index (χ1n) is 6.45. The minimum absolute atomic E-state index is 0.195. The summed E-state index contributed by atoms with van der Waals surface area (Å²) >= 11 is 0. The van der Waals surface area contributed by atoms with Gasteiger partial charge >= 0.3 is 12.0 Å². The predicted octanol–water partition coefficient (Wildman–Crippen LogP) is 2.90. The number of esters is 1. The van der Waals surface area contributed by atoms with E-state index in [4.69, 9.17) is 10.1 Å². The highest BCUT2D eigenvalue weighted by Gasteiger charge is 2.05. The smallest absolute Gasteiger partial charge is 0.324 e. The van der Waals surface area contributed by atoms with Gasteiger partial charge in [-0.2, -0.15) is 0 Å². The van der Waals surface area contributed by atoms with Crippen LogP contribution in [0.3, 0.4) is 0 Å². The highest BCUT2D eigenvalue weighted by atomic mass is 16.5. The lowest BCUT2D eigenvalue weighted by Crippen LogP contribution is -2.33. The Balaban J connectivity index is 2.45. The van der Waals surface area contributed by atoms with Gasteiger partial charge in [-0.15, -0.1) is 0 Å². The van der Waals surface area contributed by atoms with Crippen LogP contribution in [-0.4, -0.2) is 17.8 Å². The Bertz CT molecular complexity index is 483. The molecule has 0 fully saturated rings. The van der Waals surface area contributed by atoms with Crippen LogP contribution in [-0.2, 0) is 4.79 Å². The number of nitrogens with one attached hydrogen (secondary N) is 3. The summed E-state index contributed by atoms with van der Waals surface area (Å²) in [5, 5.41) is 12.6. The maximum Gasteiger partial charge on any atom is 0.324 e. The van der Waals surface area contributed by atoms with Crippen LogP contribution in [0.5, 0.6) is 5.75 Å². The van der Waals surface area contributed by atoms with Crippen LogP contribution in [0.15, 0.2) is 24.3 Å². The number of benzene rings is 1. The second-order valence-corrected chi connectivity index (χ2v) is 4.28. The maximum absolute atomic E-state index is 11.6. The summed E-state index contributed by atoms with van der Waals surface area (Å²) in [6, 6.07) is 5.95. The van der Waals surface area contributed by atoms with Gasteiger partial charge in [-0.05, 0) is 30.7 Å². The standard InChI is InChI=1S/C14H19N3O3/c1-3-4-5-13(15)17-14(19)16-11-6-8-12(9-7-11)20-10(2)18/h6-9H,3-5H2,1-2H3,(H3,15,16,17,19). The Labute approximate surface area is 118 Å². The number of unbranched alkanes of at least 4 members (excludes halogenated alkanes) is 1. The van der Waals surface area contributed by atoms with Gasteiger partial charge in [0.25, 0.3) is 0 Å². The van der Waals surface area contributed by atoms with Gasteiger partial charge in [0.15, 0.2) is 0 Å². The first-order chi connectivity index (χ1) is 9.51. The molecule has 1 rings (SSSR count). The van der Waals surface area contributed by atoms with E-state index in [0.29, 0.717) is 17.9 Å². The number of carbonyl (C=O) groups is 2. The van der Waals surface area contributed by atoms with Crippen LogP contribution < -0.4 is 15.4 Å². The van der Waals surface area contributed by atoms with Crippen molar-refractivity contribution in [3.63, 3.8) is 0 Å². The summed E-state index contributed by atoms with van der Waals surface area (Å²) in [6.07, 6.45) is 2.40. The molecular weight excluding hydrogens is 258 g/mol. The van der Waals surface area contributed by atoms with Crippen molar-refractivity contribution in [1.82, 2.24) is 5.32 Å². The average Bonchev–Trinajstić information content (AvgIpc) is 2.38. The molecule has 0 aliphatic heterocycles. The molecule has 1 aromatic carbocycles. The van der Waals surface area contributed by atoms with E-state index < -0.39 is 12.0 Å². The van der Waals surface area contributed by atoms with Crippen molar-refractivity contribution in [1.29, 1.82) is 5.41 Å². The van der Waals surface area contributed by atoms with Crippen LogP contribution in [0.4, 0.5) is 10.5 Å². The highest BCUT2D eigenvalue weighted by Crippen LogP contribution is 2.15. The zero-order valence-electron chi connectivity index (χ0n) is 11.7. The molecule has 0 spiro atoms. The lowest BCUT2D eigenvalue weighted by Gasteiger charge is -2.09. The Morgan fingerprint density at radius 1 is 1.25 bits per heavy atom. The molecule has 3 N–H and O–H groups in total. The van der Waals surface area contributed by atoms with Gasteiger partial charge in [-0.1, -0.05) is 13.3 Å². The Kier molecular flexibility index (Phi) is 6.22. The van der Waals surface area contributed by atoms with E-state index in [2.05, 4.69) is 10.6 Å². The lowest BCUT2D eigenvalue weighted by atomic mass is 10.2. The fourth-order valence-electron chi connectivity index (χ4n) is 1.49. The second kappa shape index (κ2) is 7.93. The van der Waals surface area contributed by atoms with Crippen LogP contribution >= 0.6 is 0 Å². The minimum Gasteiger partial charge on any atom is -0.427 e. The number of carbonyl (C=O) groups excluding carboxylic acids is 2. The van der Waals surface area contributed by atoms with Gasteiger partial charge in [-0.25, -0.2) is 4.79 Å². The molecule has 0 saturated heterocycles. The van der Waals surface area contributed by atoms with Crippen molar-refractivity contribution < 1.29 is 14.3 Å². The number of amidine groups is 1. The van der Waals surface area contributed by atoms with Crippen LogP contribution in [0.2, 0.25) is 0 Å². The van der Waals surface area contributed by atoms with Crippen molar-refractivity contribution in [2.45, 2.75) is 33.1 Å². The van der Waals surface area contributed by atoms with E-state index >= 15 is 0 Å². The number of anilines is 1. The largest absolute Gasteiger partial charge is 0.427 e. The van der Waals surface area contributed by atoms with Gasteiger partial charge in [0.05, 0.1) is 0 Å². The summed E-state index contributed by atoms with van der Waals surface area (Å²) in [5.41, 5.74) is 0.557. The van der Waals surface area contributed by atoms with Gasteiger partial charge < -0.3 is 10.1 Å². The van der Waals surface area contributed by atoms with E-state index in [1.54, 1.807) is 24.3 Å². The molecule has 0 aliphatic carbocycles. The summed E-state index contributed by atoms with van der Waals surface area (Å²) in [4.78, 5) is 22.4. The van der Waals surface area contributed by atoms with E-state index in [1.165, 1.54) is 6.92 Å². The van der Waals surface area contributed by atoms with E-state index in [1.807, 2.05) is 6.92 Å². The molecule has 1 aromatic rings. The number of hydrogen-bond donors (Lipinski definition) is 3. The summed E-state index contributed by atoms with van der Waals surface area (Å²) < 4.78 is 4.88. The summed E-state index contributed by atoms with van der Waals surface area (Å²) in [5.74, 6) is 0.216. The molecule has 0 atom stereocenters. The molecule has 20 heavy (non-hydrogen) atoms. The molecule has 2 amide bonds. The molecule has 0 aromatic heterocycles. The summed E-state index contributed by atoms with van der Waals surface area (Å²) in [6.45, 7) is 3.35. The third-order valence-corrected chi connectivity index (χ3v) is 2.42. The fourth-order valence-corrected chi connectivity index (χ4v) is 1.49. The topological polar surface area (TPSA) is 91.3 Å². The van der Waals surface area contributed by atoms with Crippen molar-refractivity contribution >= 4 is 23.5 Å². The zero-order valence-corrected chi connectivity index (χ0v) is 11.7. The zero-order chi connectivity index (χ0) is 15.0. The maximum atomic E-state index is 11.6. The van der Waals surface area contributed by atoms with Crippen LogP contribution in [0, 0.1) is 5.41 Å². The van der Waals surface area contributed by atoms with Gasteiger partial charge in [-0.3, -0.25) is 15.5 Å².